The molecule has 30 heavy (non-hydrogen) atoms. The van der Waals surface area contributed by atoms with Crippen molar-refractivity contribution in [3.05, 3.63) is 65.2 Å². The summed E-state index contributed by atoms with van der Waals surface area (Å²) in [5.41, 5.74) is 1.53. The van der Waals surface area contributed by atoms with Gasteiger partial charge in [-0.3, -0.25) is 19.7 Å². The van der Waals surface area contributed by atoms with Crippen LogP contribution in [-0.2, 0) is 20.9 Å². The van der Waals surface area contributed by atoms with Crippen LogP contribution < -0.4 is 10.6 Å². The summed E-state index contributed by atoms with van der Waals surface area (Å²) in [5.74, 6) is -3.26. The van der Waals surface area contributed by atoms with Gasteiger partial charge in [-0.25, -0.2) is 9.18 Å². The van der Waals surface area contributed by atoms with Gasteiger partial charge in [0.15, 0.2) is 5.78 Å². The number of hydrogen-bond donors (Lipinski definition) is 3. The molecule has 8 nitrogen and oxygen atoms in total. The van der Waals surface area contributed by atoms with Gasteiger partial charge in [0.1, 0.15) is 19.3 Å². The largest absolute Gasteiger partial charge is 0.481 e. The Labute approximate surface area is 172 Å². The number of benzene rings is 2. The molecule has 2 amide bonds. The van der Waals surface area contributed by atoms with Crippen LogP contribution in [-0.4, -0.2) is 41.6 Å². The van der Waals surface area contributed by atoms with Crippen molar-refractivity contribution in [1.29, 1.82) is 0 Å². The lowest BCUT2D eigenvalue weighted by molar-refractivity contribution is -0.139. The molecule has 0 aliphatic heterocycles. The van der Waals surface area contributed by atoms with Crippen molar-refractivity contribution >= 4 is 29.4 Å². The molecule has 1 unspecified atom stereocenters. The SMILES string of the molecule is Cc1ccc(NC(=O)OCc2ccccc2)c(C(=O)NC(CC(=O)O)C(=O)CF)c1. The quantitative estimate of drug-likeness (QED) is 0.578. The fourth-order valence-corrected chi connectivity index (χ4v) is 2.57. The van der Waals surface area contributed by atoms with Gasteiger partial charge in [0.2, 0.25) is 0 Å². The first kappa shape index (κ1) is 22.5. The van der Waals surface area contributed by atoms with Crippen molar-refractivity contribution in [3.63, 3.8) is 0 Å². The van der Waals surface area contributed by atoms with Crippen molar-refractivity contribution in [2.75, 3.05) is 12.0 Å². The van der Waals surface area contributed by atoms with E-state index in [1.165, 1.54) is 12.1 Å². The number of anilines is 1. The third-order valence-corrected chi connectivity index (χ3v) is 4.07. The maximum absolute atomic E-state index is 12.7. The molecule has 2 aromatic carbocycles. The van der Waals surface area contributed by atoms with Crippen LogP contribution in [0, 0.1) is 6.92 Å². The molecule has 2 aromatic rings. The highest BCUT2D eigenvalue weighted by atomic mass is 19.1. The molecule has 0 aliphatic carbocycles. The first-order valence-corrected chi connectivity index (χ1v) is 9.00. The molecule has 9 heteroatoms. The van der Waals surface area contributed by atoms with Gasteiger partial charge in [-0.05, 0) is 24.6 Å². The molecule has 3 N–H and O–H groups in total. The Balaban J connectivity index is 2.12. The van der Waals surface area contributed by atoms with Crippen LogP contribution in [0.15, 0.2) is 48.5 Å². The summed E-state index contributed by atoms with van der Waals surface area (Å²) >= 11 is 0. The molecule has 0 saturated heterocycles. The zero-order chi connectivity index (χ0) is 22.1. The Morgan fingerprint density at radius 2 is 1.80 bits per heavy atom. The number of carboxylic acid groups (broad SMARTS) is 1. The van der Waals surface area contributed by atoms with Gasteiger partial charge in [-0.2, -0.15) is 0 Å². The number of Topliss-reactive ketones (excluding diaryl/α,β-unsaturated/α-hetero) is 1. The van der Waals surface area contributed by atoms with Crippen molar-refractivity contribution in [3.8, 4) is 0 Å². The van der Waals surface area contributed by atoms with E-state index in [-0.39, 0.29) is 17.9 Å². The van der Waals surface area contributed by atoms with Crippen LogP contribution in [0.3, 0.4) is 0 Å². The number of aliphatic carboxylic acids is 1. The summed E-state index contributed by atoms with van der Waals surface area (Å²) < 4.78 is 17.8. The van der Waals surface area contributed by atoms with Crippen LogP contribution in [0.4, 0.5) is 14.9 Å². The van der Waals surface area contributed by atoms with Crippen LogP contribution in [0.25, 0.3) is 0 Å². The number of halogens is 1. The number of carboxylic acids is 1. The maximum Gasteiger partial charge on any atom is 0.411 e. The number of nitrogens with one attached hydrogen (secondary N) is 2. The molecule has 0 radical (unpaired) electrons. The monoisotopic (exact) mass is 416 g/mol. The van der Waals surface area contributed by atoms with Crippen LogP contribution in [0.5, 0.6) is 0 Å². The second kappa shape index (κ2) is 10.7. The number of ketones is 1. The Kier molecular flexibility index (Phi) is 8.04. The minimum Gasteiger partial charge on any atom is -0.481 e. The van der Waals surface area contributed by atoms with Gasteiger partial charge in [0, 0.05) is 0 Å². The normalized spacial score (nSPS) is 11.3. The zero-order valence-corrected chi connectivity index (χ0v) is 16.2. The van der Waals surface area contributed by atoms with E-state index in [1.54, 1.807) is 37.3 Å². The maximum atomic E-state index is 12.7. The first-order valence-electron chi connectivity index (χ1n) is 9.00. The summed E-state index contributed by atoms with van der Waals surface area (Å²) in [7, 11) is 0. The number of amides is 2. The number of ether oxygens (including phenoxy) is 1. The molecular formula is C21H21FN2O6. The van der Waals surface area contributed by atoms with Gasteiger partial charge in [0.05, 0.1) is 17.7 Å². The molecule has 0 fully saturated rings. The Hall–Kier alpha value is -3.75. The Bertz CT molecular complexity index is 932. The van der Waals surface area contributed by atoms with Gasteiger partial charge in [0.25, 0.3) is 5.91 Å². The average molecular weight is 416 g/mol. The number of rotatable bonds is 9. The van der Waals surface area contributed by atoms with Gasteiger partial charge < -0.3 is 15.2 Å². The van der Waals surface area contributed by atoms with E-state index in [9.17, 15) is 23.6 Å². The third kappa shape index (κ3) is 6.69. The summed E-state index contributed by atoms with van der Waals surface area (Å²) in [6.07, 6.45) is -1.57. The van der Waals surface area contributed by atoms with Gasteiger partial charge in [-0.1, -0.05) is 42.0 Å². The van der Waals surface area contributed by atoms with E-state index in [0.717, 1.165) is 5.56 Å². The second-order valence-electron chi connectivity index (χ2n) is 6.46. The molecule has 0 aromatic heterocycles. The van der Waals surface area contributed by atoms with Crippen LogP contribution >= 0.6 is 0 Å². The molecule has 0 saturated carbocycles. The van der Waals surface area contributed by atoms with Gasteiger partial charge in [-0.15, -0.1) is 0 Å². The summed E-state index contributed by atoms with van der Waals surface area (Å²) in [4.78, 5) is 47.3. The second-order valence-corrected chi connectivity index (χ2v) is 6.46. The molecule has 2 rings (SSSR count). The number of alkyl halides is 1. The van der Waals surface area contributed by atoms with E-state index in [0.29, 0.717) is 5.56 Å². The standard InChI is InChI=1S/C21H21FN2O6/c1-13-7-8-16(24-21(29)30-12-14-5-3-2-4-6-14)15(9-13)20(28)23-17(10-19(26)27)18(25)11-22/h2-9,17H,10-12H2,1H3,(H,23,28)(H,24,29)(H,26,27). The van der Waals surface area contributed by atoms with Crippen LogP contribution in [0.2, 0.25) is 0 Å². The molecule has 0 heterocycles. The molecule has 0 aliphatic rings. The van der Waals surface area contributed by atoms with E-state index >= 15 is 0 Å². The molecule has 0 bridgehead atoms. The van der Waals surface area contributed by atoms with E-state index in [1.807, 2.05) is 6.07 Å². The van der Waals surface area contributed by atoms with Crippen molar-refractivity contribution in [2.24, 2.45) is 0 Å². The lowest BCUT2D eigenvalue weighted by Crippen LogP contribution is -2.43. The zero-order valence-electron chi connectivity index (χ0n) is 16.2. The van der Waals surface area contributed by atoms with Crippen LogP contribution in [0.1, 0.15) is 27.9 Å². The highest BCUT2D eigenvalue weighted by Gasteiger charge is 2.25. The van der Waals surface area contributed by atoms with Crippen molar-refractivity contribution < 1.29 is 33.4 Å². The number of carbonyl (C=O) groups excluding carboxylic acids is 3. The summed E-state index contributed by atoms with van der Waals surface area (Å²) in [6.45, 7) is 0.310. The van der Waals surface area contributed by atoms with E-state index in [2.05, 4.69) is 10.6 Å². The van der Waals surface area contributed by atoms with Crippen molar-refractivity contribution in [2.45, 2.75) is 26.0 Å². The molecule has 0 spiro atoms. The lowest BCUT2D eigenvalue weighted by atomic mass is 10.1. The fraction of sp³-hybridized carbons (Fsp3) is 0.238. The minimum absolute atomic E-state index is 0.0196. The smallest absolute Gasteiger partial charge is 0.411 e. The predicted octanol–water partition coefficient (Wildman–Crippen LogP) is 2.86. The predicted molar refractivity (Wildman–Crippen MR) is 106 cm³/mol. The van der Waals surface area contributed by atoms with E-state index < -0.39 is 42.9 Å². The Morgan fingerprint density at radius 1 is 1.10 bits per heavy atom. The number of hydrogen-bond acceptors (Lipinski definition) is 5. The molecule has 158 valence electrons. The highest BCUT2D eigenvalue weighted by molar-refractivity contribution is 6.05. The minimum atomic E-state index is -1.53. The molecule has 1 atom stereocenters. The van der Waals surface area contributed by atoms with Crippen molar-refractivity contribution in [1.82, 2.24) is 5.32 Å². The number of aryl methyl sites for hydroxylation is 1. The summed E-state index contributed by atoms with van der Waals surface area (Å²) in [5, 5.41) is 13.5. The fourth-order valence-electron chi connectivity index (χ4n) is 2.57. The molecular weight excluding hydrogens is 395 g/mol. The first-order chi connectivity index (χ1) is 14.3. The Morgan fingerprint density at radius 3 is 2.43 bits per heavy atom. The number of carbonyl (C=O) groups is 4. The highest BCUT2D eigenvalue weighted by Crippen LogP contribution is 2.18. The topological polar surface area (TPSA) is 122 Å². The van der Waals surface area contributed by atoms with E-state index in [4.69, 9.17) is 9.84 Å². The average Bonchev–Trinajstić information content (AvgIpc) is 2.72. The third-order valence-electron chi connectivity index (χ3n) is 4.07. The summed E-state index contributed by atoms with van der Waals surface area (Å²) in [6, 6.07) is 12.0. The lowest BCUT2D eigenvalue weighted by Gasteiger charge is -2.17. The van der Waals surface area contributed by atoms with Gasteiger partial charge >= 0.3 is 12.1 Å².